The number of H-pyrrole nitrogens is 2. The molecule has 0 radical (unpaired) electrons. The second kappa shape index (κ2) is 7.21. The van der Waals surface area contributed by atoms with Gasteiger partial charge in [-0.2, -0.15) is 4.57 Å². The van der Waals surface area contributed by atoms with Gasteiger partial charge in [-0.25, -0.2) is 9.78 Å². The van der Waals surface area contributed by atoms with Crippen LogP contribution in [0.2, 0.25) is 5.02 Å². The van der Waals surface area contributed by atoms with E-state index in [9.17, 15) is 9.59 Å². The van der Waals surface area contributed by atoms with Crippen LogP contribution in [0.25, 0.3) is 22.2 Å². The van der Waals surface area contributed by atoms with Gasteiger partial charge in [-0.3, -0.25) is 9.78 Å². The lowest BCUT2D eigenvalue weighted by atomic mass is 10.0. The maximum absolute atomic E-state index is 12.6. The van der Waals surface area contributed by atoms with E-state index >= 15 is 0 Å². The molecule has 0 unspecified atom stereocenters. The third kappa shape index (κ3) is 3.29. The van der Waals surface area contributed by atoms with Crippen LogP contribution in [0.5, 0.6) is 0 Å². The minimum absolute atomic E-state index is 0.415. The number of rotatable bonds is 4. The van der Waals surface area contributed by atoms with E-state index in [-0.39, 0.29) is 0 Å². The molecular weight excluding hydrogens is 362 g/mol. The summed E-state index contributed by atoms with van der Waals surface area (Å²) in [5, 5.41) is 0.963. The number of nitrogens with zero attached hydrogens (tertiary/aromatic N) is 1. The molecule has 0 aliphatic carbocycles. The molecule has 4 rings (SSSR count). The first kappa shape index (κ1) is 17.2. The molecule has 0 saturated heterocycles. The average molecular weight is 379 g/mol. The van der Waals surface area contributed by atoms with Crippen molar-refractivity contribution in [2.75, 3.05) is 0 Å². The second-order valence-corrected chi connectivity index (χ2v) is 6.65. The Bertz CT molecular complexity index is 1230. The molecule has 0 amide bonds. The molecule has 2 aromatic carbocycles. The Balaban J connectivity index is 1.89. The van der Waals surface area contributed by atoms with Gasteiger partial charge >= 0.3 is 5.69 Å². The molecule has 134 valence electrons. The lowest BCUT2D eigenvalue weighted by Crippen LogP contribution is -2.34. The molecule has 0 bridgehead atoms. The average Bonchev–Trinajstić information content (AvgIpc) is 2.68. The zero-order valence-electron chi connectivity index (χ0n) is 14.4. The molecular formula is C21H17ClN3O2+. The molecule has 0 atom stereocenters. The minimum atomic E-state index is -0.434. The van der Waals surface area contributed by atoms with Gasteiger partial charge in [0.25, 0.3) is 11.2 Å². The molecule has 2 aromatic heterocycles. The van der Waals surface area contributed by atoms with Gasteiger partial charge < -0.3 is 0 Å². The SMILES string of the molecule is O=c1[nH]c(=O)n(CCc2ccccc2)c2[nH+]ccc(-c3ccccc3Cl)c12. The number of hydrogen-bond donors (Lipinski definition) is 1. The third-order valence-electron chi connectivity index (χ3n) is 4.57. The molecule has 0 fully saturated rings. The van der Waals surface area contributed by atoms with Crippen molar-refractivity contribution in [3.63, 3.8) is 0 Å². The highest BCUT2D eigenvalue weighted by Gasteiger charge is 2.20. The van der Waals surface area contributed by atoms with Gasteiger partial charge in [0, 0.05) is 22.6 Å². The van der Waals surface area contributed by atoms with Crippen LogP contribution in [-0.4, -0.2) is 9.55 Å². The van der Waals surface area contributed by atoms with E-state index < -0.39 is 11.2 Å². The number of hydrogen-bond acceptors (Lipinski definition) is 2. The Labute approximate surface area is 159 Å². The lowest BCUT2D eigenvalue weighted by Gasteiger charge is -2.08. The summed E-state index contributed by atoms with van der Waals surface area (Å²) in [6, 6.07) is 19.0. The van der Waals surface area contributed by atoms with Crippen LogP contribution in [0.1, 0.15) is 5.56 Å². The van der Waals surface area contributed by atoms with Crippen LogP contribution >= 0.6 is 11.6 Å². The fourth-order valence-electron chi connectivity index (χ4n) is 3.26. The number of fused-ring (bicyclic) bond motifs is 1. The Morgan fingerprint density at radius 1 is 0.926 bits per heavy atom. The highest BCUT2D eigenvalue weighted by Crippen LogP contribution is 2.29. The monoisotopic (exact) mass is 378 g/mol. The Hall–Kier alpha value is -3.18. The lowest BCUT2D eigenvalue weighted by molar-refractivity contribution is -0.349. The van der Waals surface area contributed by atoms with Crippen molar-refractivity contribution in [3.05, 3.63) is 98.3 Å². The zero-order chi connectivity index (χ0) is 18.8. The molecule has 4 aromatic rings. The van der Waals surface area contributed by atoms with Crippen molar-refractivity contribution >= 4 is 22.6 Å². The van der Waals surface area contributed by atoms with Gasteiger partial charge in [-0.05, 0) is 17.7 Å². The van der Waals surface area contributed by atoms with Gasteiger partial charge in [-0.15, -0.1) is 0 Å². The van der Waals surface area contributed by atoms with E-state index in [1.165, 1.54) is 0 Å². The van der Waals surface area contributed by atoms with Crippen molar-refractivity contribution in [1.29, 1.82) is 0 Å². The van der Waals surface area contributed by atoms with Gasteiger partial charge in [0.15, 0.2) is 0 Å². The normalized spacial score (nSPS) is 11.0. The summed E-state index contributed by atoms with van der Waals surface area (Å²) in [6.07, 6.45) is 2.39. The first-order valence-corrected chi connectivity index (χ1v) is 8.99. The van der Waals surface area contributed by atoms with Crippen molar-refractivity contribution in [2.45, 2.75) is 13.0 Å². The van der Waals surface area contributed by atoms with E-state index in [4.69, 9.17) is 11.6 Å². The maximum Gasteiger partial charge on any atom is 0.415 e. The van der Waals surface area contributed by atoms with E-state index in [1.807, 2.05) is 48.5 Å². The molecule has 27 heavy (non-hydrogen) atoms. The summed E-state index contributed by atoms with van der Waals surface area (Å²) in [4.78, 5) is 30.6. The number of pyridine rings is 1. The van der Waals surface area contributed by atoms with Crippen LogP contribution in [-0.2, 0) is 13.0 Å². The number of aromatic nitrogens is 3. The molecule has 5 nitrogen and oxygen atoms in total. The van der Waals surface area contributed by atoms with Crippen LogP contribution in [0.15, 0.2) is 76.4 Å². The van der Waals surface area contributed by atoms with Crippen LogP contribution in [0.4, 0.5) is 0 Å². The van der Waals surface area contributed by atoms with Crippen LogP contribution < -0.4 is 16.2 Å². The van der Waals surface area contributed by atoms with Gasteiger partial charge in [0.05, 0.1) is 12.7 Å². The molecule has 0 aliphatic rings. The van der Waals surface area contributed by atoms with Crippen LogP contribution in [0, 0.1) is 0 Å². The maximum atomic E-state index is 12.6. The number of nitrogens with one attached hydrogen (secondary N) is 2. The van der Waals surface area contributed by atoms with Crippen molar-refractivity contribution in [3.8, 4) is 11.1 Å². The summed E-state index contributed by atoms with van der Waals surface area (Å²) < 4.78 is 1.56. The summed E-state index contributed by atoms with van der Waals surface area (Å²) in [7, 11) is 0. The largest absolute Gasteiger partial charge is 0.415 e. The topological polar surface area (TPSA) is 69.0 Å². The van der Waals surface area contributed by atoms with Gasteiger partial charge in [0.2, 0.25) is 0 Å². The molecule has 2 heterocycles. The highest BCUT2D eigenvalue weighted by molar-refractivity contribution is 6.33. The van der Waals surface area contributed by atoms with E-state index in [0.717, 1.165) is 11.1 Å². The van der Waals surface area contributed by atoms with E-state index in [2.05, 4.69) is 9.97 Å². The van der Waals surface area contributed by atoms with Crippen molar-refractivity contribution in [2.24, 2.45) is 0 Å². The summed E-state index contributed by atoms with van der Waals surface area (Å²) in [5.41, 5.74) is 2.16. The van der Waals surface area contributed by atoms with E-state index in [1.54, 1.807) is 22.9 Å². The fourth-order valence-corrected chi connectivity index (χ4v) is 3.50. The Morgan fingerprint density at radius 2 is 1.67 bits per heavy atom. The first-order chi connectivity index (χ1) is 13.1. The van der Waals surface area contributed by atoms with Crippen molar-refractivity contribution in [1.82, 2.24) is 9.55 Å². The summed E-state index contributed by atoms with van der Waals surface area (Å²) in [5.74, 6) is 0. The summed E-state index contributed by atoms with van der Waals surface area (Å²) in [6.45, 7) is 0.443. The predicted molar refractivity (Wildman–Crippen MR) is 106 cm³/mol. The standard InChI is InChI=1S/C21H16ClN3O2/c22-17-9-5-4-8-15(17)16-10-12-23-19-18(16)20(26)24-21(27)25(19)13-11-14-6-2-1-3-7-14/h1-10,12H,11,13H2,(H,24,26,27)/p+1. The molecule has 0 spiro atoms. The van der Waals surface area contributed by atoms with Crippen molar-refractivity contribution < 1.29 is 4.98 Å². The number of halogens is 1. The number of benzene rings is 2. The summed E-state index contributed by atoms with van der Waals surface area (Å²) >= 11 is 6.33. The fraction of sp³-hybridized carbons (Fsp3) is 0.0952. The Morgan fingerprint density at radius 3 is 2.44 bits per heavy atom. The Kier molecular flexibility index (Phi) is 4.60. The molecule has 0 aliphatic heterocycles. The highest BCUT2D eigenvalue weighted by atomic mass is 35.5. The zero-order valence-corrected chi connectivity index (χ0v) is 15.2. The quantitative estimate of drug-likeness (QED) is 0.593. The smallest absolute Gasteiger partial charge is 0.268 e. The van der Waals surface area contributed by atoms with Gasteiger partial charge in [-0.1, -0.05) is 60.1 Å². The minimum Gasteiger partial charge on any atom is -0.268 e. The number of aryl methyl sites for hydroxylation is 2. The molecule has 2 N–H and O–H groups in total. The van der Waals surface area contributed by atoms with Crippen LogP contribution in [0.3, 0.4) is 0 Å². The van der Waals surface area contributed by atoms with E-state index in [0.29, 0.717) is 34.6 Å². The second-order valence-electron chi connectivity index (χ2n) is 6.24. The van der Waals surface area contributed by atoms with Gasteiger partial charge in [0.1, 0.15) is 5.39 Å². The first-order valence-electron chi connectivity index (χ1n) is 8.61. The third-order valence-corrected chi connectivity index (χ3v) is 4.90. The molecule has 6 heteroatoms. The molecule has 0 saturated carbocycles. The predicted octanol–water partition coefficient (Wildman–Crippen LogP) is 3.07. The number of aromatic amines is 2.